The van der Waals surface area contributed by atoms with E-state index in [1.54, 1.807) is 4.53 Å². The summed E-state index contributed by atoms with van der Waals surface area (Å²) < 4.78 is 19.7. The zero-order valence-electron chi connectivity index (χ0n) is 2.53. The van der Waals surface area contributed by atoms with Crippen molar-refractivity contribution in [1.82, 2.24) is 0 Å². The summed E-state index contributed by atoms with van der Waals surface area (Å²) in [5.74, 6) is 0. The van der Waals surface area contributed by atoms with E-state index in [0.29, 0.717) is 0 Å². The SMILES string of the molecule is Cl.O=S(=O)=NO. The zero-order valence-corrected chi connectivity index (χ0v) is 4.16. The standard InChI is InChI=1S/ClH.HNO3S/c;2-1-5(3)4/h1H;2H. The second kappa shape index (κ2) is 4.87. The molecule has 0 bridgehead atoms. The van der Waals surface area contributed by atoms with Crippen molar-refractivity contribution in [3.63, 3.8) is 0 Å². The van der Waals surface area contributed by atoms with E-state index in [0.717, 1.165) is 0 Å². The predicted molar refractivity (Wildman–Crippen MR) is 20.4 cm³/mol. The van der Waals surface area contributed by atoms with Gasteiger partial charge in [0.1, 0.15) is 0 Å². The number of hydrogen-bond acceptors (Lipinski definition) is 3. The normalized spacial score (nSPS) is 5.50. The maximum Gasteiger partial charge on any atom is 0.338 e. The van der Waals surface area contributed by atoms with Crippen LogP contribution in [0.3, 0.4) is 0 Å². The van der Waals surface area contributed by atoms with E-state index in [2.05, 4.69) is 0 Å². The van der Waals surface area contributed by atoms with Gasteiger partial charge in [0, 0.05) is 0 Å². The van der Waals surface area contributed by atoms with Crippen molar-refractivity contribution in [2.75, 3.05) is 0 Å². The molecule has 0 heterocycles. The molecule has 1 N–H and O–H groups in total. The van der Waals surface area contributed by atoms with Crippen LogP contribution in [-0.4, -0.2) is 13.6 Å². The van der Waals surface area contributed by atoms with Gasteiger partial charge in [-0.3, -0.25) is 5.21 Å². The first-order chi connectivity index (χ1) is 2.27. The smallest absolute Gasteiger partial charge is 0.253 e. The highest BCUT2D eigenvalue weighted by molar-refractivity contribution is 7.61. The van der Waals surface area contributed by atoms with Crippen LogP contribution in [0.5, 0.6) is 0 Å². The molecule has 0 rings (SSSR count). The molecular weight excluding hydrogens is 130 g/mol. The van der Waals surface area contributed by atoms with Gasteiger partial charge in [0.25, 0.3) is 0 Å². The quantitative estimate of drug-likeness (QED) is 0.466. The molecule has 4 nitrogen and oxygen atoms in total. The van der Waals surface area contributed by atoms with Crippen LogP contribution in [0.25, 0.3) is 0 Å². The van der Waals surface area contributed by atoms with Crippen LogP contribution < -0.4 is 0 Å². The van der Waals surface area contributed by atoms with Crippen molar-refractivity contribution in [2.24, 2.45) is 4.53 Å². The van der Waals surface area contributed by atoms with Gasteiger partial charge in [-0.15, -0.1) is 12.4 Å². The fraction of sp³-hybridized carbons (Fsp3) is 0. The Morgan fingerprint density at radius 3 is 1.67 bits per heavy atom. The van der Waals surface area contributed by atoms with Crippen molar-refractivity contribution >= 4 is 22.9 Å². The average Bonchev–Trinajstić information content (AvgIpc) is 1.38. The number of nitrogens with zero attached hydrogens (tertiary/aromatic N) is 1. The fourth-order valence-corrected chi connectivity index (χ4v) is 0. The van der Waals surface area contributed by atoms with E-state index in [9.17, 15) is 0 Å². The molecule has 0 saturated heterocycles. The summed E-state index contributed by atoms with van der Waals surface area (Å²) >= 11 is 0. The number of rotatable bonds is 0. The molecule has 0 aromatic rings. The van der Waals surface area contributed by atoms with Gasteiger partial charge in [0.15, 0.2) is 0 Å². The van der Waals surface area contributed by atoms with Crippen LogP contribution in [-0.2, 0) is 10.5 Å². The third-order valence-corrected chi connectivity index (χ3v) is 0.200. The minimum Gasteiger partial charge on any atom is -0.253 e. The van der Waals surface area contributed by atoms with Crippen molar-refractivity contribution in [3.8, 4) is 0 Å². The Hall–Kier alpha value is -0.130. The molecule has 0 saturated carbocycles. The maximum atomic E-state index is 8.95. The molecular formula is H2ClNO3S. The summed E-state index contributed by atoms with van der Waals surface area (Å²) in [7, 11) is -2.64. The summed E-state index contributed by atoms with van der Waals surface area (Å²) in [6.45, 7) is 0. The first-order valence-corrected chi connectivity index (χ1v) is 1.75. The summed E-state index contributed by atoms with van der Waals surface area (Å²) in [6, 6.07) is 0. The summed E-state index contributed by atoms with van der Waals surface area (Å²) in [6.07, 6.45) is 0. The van der Waals surface area contributed by atoms with E-state index >= 15 is 0 Å². The van der Waals surface area contributed by atoms with Crippen LogP contribution in [0.15, 0.2) is 4.53 Å². The van der Waals surface area contributed by atoms with E-state index in [-0.39, 0.29) is 12.4 Å². The molecule has 0 radical (unpaired) electrons. The van der Waals surface area contributed by atoms with Crippen molar-refractivity contribution < 1.29 is 13.6 Å². The van der Waals surface area contributed by atoms with Crippen molar-refractivity contribution in [3.05, 3.63) is 0 Å². The third-order valence-electron chi connectivity index (χ3n) is 0.0667. The van der Waals surface area contributed by atoms with Gasteiger partial charge < -0.3 is 0 Å². The Balaban J connectivity index is 0. The summed E-state index contributed by atoms with van der Waals surface area (Å²) in [4.78, 5) is 0. The van der Waals surface area contributed by atoms with Gasteiger partial charge in [0.2, 0.25) is 0 Å². The first kappa shape index (κ1) is 9.30. The Labute approximate surface area is 41.9 Å². The molecule has 0 aliphatic heterocycles. The third kappa shape index (κ3) is 9.12. The van der Waals surface area contributed by atoms with Gasteiger partial charge in [-0.2, -0.15) is 8.42 Å². The minimum absolute atomic E-state index is 0. The molecule has 0 aliphatic carbocycles. The molecule has 0 aromatic heterocycles. The van der Waals surface area contributed by atoms with Crippen LogP contribution in [0.1, 0.15) is 0 Å². The lowest BCUT2D eigenvalue weighted by atomic mass is 13.6. The summed E-state index contributed by atoms with van der Waals surface area (Å²) in [5, 5.41) is 7.16. The predicted octanol–water partition coefficient (Wildman–Crippen LogP) is -0.140. The van der Waals surface area contributed by atoms with Crippen LogP contribution in [0.4, 0.5) is 0 Å². The molecule has 6 heteroatoms. The second-order valence-electron chi connectivity index (χ2n) is 0.299. The number of halogens is 1. The monoisotopic (exact) mass is 131 g/mol. The van der Waals surface area contributed by atoms with E-state index in [1.165, 1.54) is 0 Å². The van der Waals surface area contributed by atoms with E-state index < -0.39 is 10.5 Å². The second-order valence-corrected chi connectivity index (χ2v) is 0.896. The van der Waals surface area contributed by atoms with Crippen LogP contribution in [0.2, 0.25) is 0 Å². The highest BCUT2D eigenvalue weighted by Gasteiger charge is 1.49. The highest BCUT2D eigenvalue weighted by Crippen LogP contribution is 1.39. The summed E-state index contributed by atoms with van der Waals surface area (Å²) in [5.41, 5.74) is 0. The van der Waals surface area contributed by atoms with Crippen LogP contribution in [0, 0.1) is 0 Å². The largest absolute Gasteiger partial charge is 0.338 e. The lowest BCUT2D eigenvalue weighted by Crippen LogP contribution is -1.48. The van der Waals surface area contributed by atoms with Crippen molar-refractivity contribution in [2.45, 2.75) is 0 Å². The maximum absolute atomic E-state index is 8.95. The molecule has 0 amide bonds. The Bertz CT molecular complexity index is 114. The molecule has 38 valence electrons. The van der Waals surface area contributed by atoms with E-state index in [1.807, 2.05) is 0 Å². The Kier molecular flexibility index (Phi) is 7.54. The lowest BCUT2D eigenvalue weighted by Gasteiger charge is -1.41. The zero-order chi connectivity index (χ0) is 4.28. The molecule has 0 fully saturated rings. The Morgan fingerprint density at radius 2 is 1.67 bits per heavy atom. The molecule has 0 unspecified atom stereocenters. The fourth-order valence-electron chi connectivity index (χ4n) is 0. The van der Waals surface area contributed by atoms with E-state index in [4.69, 9.17) is 13.6 Å². The number of hydrogen-bond donors (Lipinski definition) is 1. The van der Waals surface area contributed by atoms with Gasteiger partial charge in [-0.05, 0) is 4.53 Å². The molecule has 0 aromatic carbocycles. The minimum atomic E-state index is -2.64. The van der Waals surface area contributed by atoms with Gasteiger partial charge >= 0.3 is 10.5 Å². The topological polar surface area (TPSA) is 66.7 Å². The van der Waals surface area contributed by atoms with Crippen molar-refractivity contribution in [1.29, 1.82) is 0 Å². The lowest BCUT2D eigenvalue weighted by molar-refractivity contribution is 0.324. The van der Waals surface area contributed by atoms with Gasteiger partial charge in [0.05, 0.1) is 0 Å². The molecule has 6 heavy (non-hydrogen) atoms. The first-order valence-electron chi connectivity index (χ1n) is 0.716. The van der Waals surface area contributed by atoms with Gasteiger partial charge in [-0.1, -0.05) is 0 Å². The van der Waals surface area contributed by atoms with Gasteiger partial charge in [-0.25, -0.2) is 0 Å². The molecule has 0 atom stereocenters. The van der Waals surface area contributed by atoms with Crippen LogP contribution >= 0.6 is 12.4 Å². The molecule has 0 aliphatic rings. The highest BCUT2D eigenvalue weighted by atomic mass is 35.5. The average molecular weight is 132 g/mol. The molecule has 0 spiro atoms. The Morgan fingerprint density at radius 1 is 1.50 bits per heavy atom.